The third-order valence-electron chi connectivity index (χ3n) is 6.32. The van der Waals surface area contributed by atoms with Crippen molar-refractivity contribution in [1.82, 2.24) is 4.98 Å². The van der Waals surface area contributed by atoms with Crippen LogP contribution in [0.3, 0.4) is 0 Å². The maximum atomic E-state index is 13.8. The molecule has 1 aromatic heterocycles. The fraction of sp³-hybridized carbons (Fsp3) is 0.148. The summed E-state index contributed by atoms with van der Waals surface area (Å²) in [5.41, 5.74) is 2.45. The number of ether oxygens (including phenoxy) is 1. The van der Waals surface area contributed by atoms with Crippen LogP contribution < -0.4 is 9.64 Å². The van der Waals surface area contributed by atoms with E-state index < -0.39 is 23.5 Å². The average molecular weight is 565 g/mol. The highest BCUT2D eigenvalue weighted by atomic mass is 79.9. The van der Waals surface area contributed by atoms with E-state index in [9.17, 15) is 19.1 Å². The number of hydrogen-bond donors (Lipinski definition) is 1. The number of amides is 1. The maximum Gasteiger partial charge on any atom is 0.301 e. The van der Waals surface area contributed by atoms with Crippen molar-refractivity contribution >= 4 is 60.1 Å². The number of Topliss-reactive ketones (excluding diaryl/α,β-unsaturated/α-hetero) is 1. The molecule has 6 nitrogen and oxygen atoms in total. The first-order valence-electron chi connectivity index (χ1n) is 11.2. The summed E-state index contributed by atoms with van der Waals surface area (Å²) in [5, 5.41) is 11.7. The van der Waals surface area contributed by atoms with E-state index in [1.807, 2.05) is 13.0 Å². The number of aliphatic hydroxyl groups is 1. The fourth-order valence-electron chi connectivity index (χ4n) is 4.74. The Labute approximate surface area is 217 Å². The van der Waals surface area contributed by atoms with Crippen molar-refractivity contribution in [2.75, 3.05) is 4.90 Å². The lowest BCUT2D eigenvalue weighted by Crippen LogP contribution is -2.29. The molecular formula is C27H18BrFN2O4S. The molecule has 6 rings (SSSR count). The quantitative estimate of drug-likeness (QED) is 0.183. The van der Waals surface area contributed by atoms with E-state index in [2.05, 4.69) is 20.9 Å². The summed E-state index contributed by atoms with van der Waals surface area (Å²) in [7, 11) is 0. The third kappa shape index (κ3) is 3.70. The molecule has 36 heavy (non-hydrogen) atoms. The summed E-state index contributed by atoms with van der Waals surface area (Å²) in [6.45, 7) is 1.96. The van der Waals surface area contributed by atoms with E-state index >= 15 is 0 Å². The van der Waals surface area contributed by atoms with Crippen LogP contribution in [-0.4, -0.2) is 27.9 Å². The Bertz CT molecular complexity index is 1610. The van der Waals surface area contributed by atoms with E-state index in [0.717, 1.165) is 27.1 Å². The molecule has 2 unspecified atom stereocenters. The number of benzene rings is 3. The standard InChI is InChI=1S/C27H18BrFN2O4S/c1-13-9-16-10-15(5-8-20(16)35-13)24(32)22-23(14-3-2-4-17(28)11-14)31(26(34)25(22)33)27-30-19-7-6-18(29)12-21(19)36-27/h2-8,10-13,23,32H,9H2,1H3. The molecule has 180 valence electrons. The van der Waals surface area contributed by atoms with Crippen LogP contribution in [0.4, 0.5) is 9.52 Å². The van der Waals surface area contributed by atoms with Gasteiger partial charge in [0, 0.05) is 16.5 Å². The minimum Gasteiger partial charge on any atom is -0.507 e. The highest BCUT2D eigenvalue weighted by molar-refractivity contribution is 9.10. The number of thiazole rings is 1. The summed E-state index contributed by atoms with van der Waals surface area (Å²) >= 11 is 4.57. The van der Waals surface area contributed by atoms with E-state index in [1.54, 1.807) is 36.4 Å². The molecule has 2 aliphatic rings. The highest BCUT2D eigenvalue weighted by Crippen LogP contribution is 2.45. The topological polar surface area (TPSA) is 79.7 Å². The van der Waals surface area contributed by atoms with Crippen LogP contribution >= 0.6 is 27.3 Å². The molecule has 2 aliphatic heterocycles. The monoisotopic (exact) mass is 564 g/mol. The predicted molar refractivity (Wildman–Crippen MR) is 139 cm³/mol. The van der Waals surface area contributed by atoms with Crippen molar-refractivity contribution in [3.63, 3.8) is 0 Å². The predicted octanol–water partition coefficient (Wildman–Crippen LogP) is 6.15. The Morgan fingerprint density at radius 2 is 2.00 bits per heavy atom. The lowest BCUT2D eigenvalue weighted by atomic mass is 9.94. The molecule has 1 N–H and O–H groups in total. The third-order valence-corrected chi connectivity index (χ3v) is 7.83. The van der Waals surface area contributed by atoms with Crippen molar-refractivity contribution in [3.8, 4) is 5.75 Å². The second-order valence-electron chi connectivity index (χ2n) is 8.79. The first-order valence-corrected chi connectivity index (χ1v) is 12.8. The minimum atomic E-state index is -0.920. The molecule has 0 bridgehead atoms. The van der Waals surface area contributed by atoms with Crippen molar-refractivity contribution < 1.29 is 23.8 Å². The fourth-order valence-corrected chi connectivity index (χ4v) is 6.17. The van der Waals surface area contributed by atoms with Gasteiger partial charge in [-0.1, -0.05) is 39.4 Å². The summed E-state index contributed by atoms with van der Waals surface area (Å²) in [5.74, 6) is -1.56. The zero-order chi connectivity index (χ0) is 25.1. The van der Waals surface area contributed by atoms with Gasteiger partial charge in [-0.3, -0.25) is 14.5 Å². The van der Waals surface area contributed by atoms with Crippen LogP contribution in [0.15, 0.2) is 70.7 Å². The van der Waals surface area contributed by atoms with Gasteiger partial charge in [-0.15, -0.1) is 0 Å². The van der Waals surface area contributed by atoms with Crippen LogP contribution in [-0.2, 0) is 16.0 Å². The Hall–Kier alpha value is -3.56. The number of aliphatic hydroxyl groups excluding tert-OH is 1. The first kappa shape index (κ1) is 22.9. The molecule has 1 saturated heterocycles. The van der Waals surface area contributed by atoms with Crippen molar-refractivity contribution in [2.45, 2.75) is 25.5 Å². The Balaban J connectivity index is 1.54. The molecule has 3 aromatic carbocycles. The van der Waals surface area contributed by atoms with Gasteiger partial charge >= 0.3 is 5.91 Å². The molecule has 1 amide bonds. The second kappa shape index (κ2) is 8.53. The zero-order valence-corrected chi connectivity index (χ0v) is 21.3. The van der Waals surface area contributed by atoms with Crippen LogP contribution in [0, 0.1) is 5.82 Å². The number of nitrogens with zero attached hydrogens (tertiary/aromatic N) is 2. The zero-order valence-electron chi connectivity index (χ0n) is 18.9. The molecule has 9 heteroatoms. The number of rotatable bonds is 3. The molecular weight excluding hydrogens is 547 g/mol. The molecule has 0 saturated carbocycles. The van der Waals surface area contributed by atoms with E-state index in [1.165, 1.54) is 23.1 Å². The van der Waals surface area contributed by atoms with Gasteiger partial charge in [0.1, 0.15) is 23.4 Å². The number of fused-ring (bicyclic) bond motifs is 2. The minimum absolute atomic E-state index is 0.0218. The van der Waals surface area contributed by atoms with Gasteiger partial charge in [-0.25, -0.2) is 9.37 Å². The van der Waals surface area contributed by atoms with Crippen molar-refractivity contribution in [1.29, 1.82) is 0 Å². The van der Waals surface area contributed by atoms with Gasteiger partial charge in [0.2, 0.25) is 0 Å². The van der Waals surface area contributed by atoms with Crippen LogP contribution in [0.5, 0.6) is 5.75 Å². The largest absolute Gasteiger partial charge is 0.507 e. The molecule has 3 heterocycles. The van der Waals surface area contributed by atoms with Crippen molar-refractivity contribution in [3.05, 3.63) is 93.2 Å². The summed E-state index contributed by atoms with van der Waals surface area (Å²) in [4.78, 5) is 32.6. The van der Waals surface area contributed by atoms with Crippen LogP contribution in [0.25, 0.3) is 16.0 Å². The normalized spacial score (nSPS) is 20.7. The molecule has 0 spiro atoms. The molecule has 0 radical (unpaired) electrons. The van der Waals surface area contributed by atoms with E-state index in [0.29, 0.717) is 27.8 Å². The van der Waals surface area contributed by atoms with Crippen LogP contribution in [0.1, 0.15) is 29.7 Å². The van der Waals surface area contributed by atoms with Gasteiger partial charge in [0.05, 0.1) is 21.8 Å². The number of ketones is 1. The SMILES string of the molecule is CC1Cc2cc(C(O)=C3C(=O)C(=O)N(c4nc5ccc(F)cc5s4)C3c3cccc(Br)c3)ccc2O1. The highest BCUT2D eigenvalue weighted by Gasteiger charge is 2.48. The summed E-state index contributed by atoms with van der Waals surface area (Å²) < 4.78 is 20.9. The number of halogens is 2. The first-order chi connectivity index (χ1) is 17.3. The molecule has 2 atom stereocenters. The molecule has 0 aliphatic carbocycles. The summed E-state index contributed by atoms with van der Waals surface area (Å²) in [6, 6.07) is 15.7. The average Bonchev–Trinajstić information content (AvgIpc) is 3.50. The van der Waals surface area contributed by atoms with Gasteiger partial charge in [0.25, 0.3) is 5.78 Å². The van der Waals surface area contributed by atoms with Gasteiger partial charge < -0.3 is 9.84 Å². The lowest BCUT2D eigenvalue weighted by molar-refractivity contribution is -0.132. The number of hydrogen-bond acceptors (Lipinski definition) is 6. The lowest BCUT2D eigenvalue weighted by Gasteiger charge is -2.23. The van der Waals surface area contributed by atoms with E-state index in [4.69, 9.17) is 4.74 Å². The number of carbonyl (C=O) groups is 2. The maximum absolute atomic E-state index is 13.8. The number of aromatic nitrogens is 1. The Morgan fingerprint density at radius 3 is 2.81 bits per heavy atom. The smallest absolute Gasteiger partial charge is 0.301 e. The number of anilines is 1. The number of carbonyl (C=O) groups excluding carboxylic acids is 2. The second-order valence-corrected chi connectivity index (χ2v) is 10.7. The van der Waals surface area contributed by atoms with Gasteiger partial charge in [-0.2, -0.15) is 0 Å². The van der Waals surface area contributed by atoms with Crippen molar-refractivity contribution in [2.24, 2.45) is 0 Å². The van der Waals surface area contributed by atoms with Gasteiger partial charge in [0.15, 0.2) is 5.13 Å². The Kier molecular flexibility index (Phi) is 5.42. The summed E-state index contributed by atoms with van der Waals surface area (Å²) in [6.07, 6.45) is 0.704. The molecule has 4 aromatic rings. The molecule has 1 fully saturated rings. The Morgan fingerprint density at radius 1 is 1.17 bits per heavy atom. The van der Waals surface area contributed by atoms with E-state index in [-0.39, 0.29) is 22.6 Å². The van der Waals surface area contributed by atoms with Crippen LogP contribution in [0.2, 0.25) is 0 Å². The van der Waals surface area contributed by atoms with Gasteiger partial charge in [-0.05, 0) is 66.6 Å².